The van der Waals surface area contributed by atoms with E-state index in [1.54, 1.807) is 6.07 Å². The number of nitrogens with one attached hydrogen (secondary N) is 1. The highest BCUT2D eigenvalue weighted by molar-refractivity contribution is 7.89. The molecule has 1 fully saturated rings. The molecule has 2 atom stereocenters. The molecule has 0 saturated carbocycles. The van der Waals surface area contributed by atoms with Crippen LogP contribution in [-0.2, 0) is 10.0 Å². The van der Waals surface area contributed by atoms with Gasteiger partial charge in [0.15, 0.2) is 5.13 Å². The van der Waals surface area contributed by atoms with Crippen molar-refractivity contribution in [2.45, 2.75) is 25.2 Å². The van der Waals surface area contributed by atoms with E-state index >= 15 is 0 Å². The van der Waals surface area contributed by atoms with Gasteiger partial charge in [0.1, 0.15) is 5.82 Å². The van der Waals surface area contributed by atoms with Crippen LogP contribution >= 0.6 is 11.3 Å². The van der Waals surface area contributed by atoms with Crippen LogP contribution in [0.25, 0.3) is 10.2 Å². The first kappa shape index (κ1) is 20.9. The minimum absolute atomic E-state index is 0.177. The molecule has 0 aliphatic carbocycles. The summed E-state index contributed by atoms with van der Waals surface area (Å²) < 4.78 is 41.4. The van der Waals surface area contributed by atoms with Crippen LogP contribution in [0.2, 0.25) is 0 Å². The number of sulfonamides is 1. The van der Waals surface area contributed by atoms with Crippen molar-refractivity contribution in [1.82, 2.24) is 9.29 Å². The number of hydrogen-bond acceptors (Lipinski definition) is 5. The van der Waals surface area contributed by atoms with Gasteiger partial charge in [-0.3, -0.25) is 10.1 Å². The van der Waals surface area contributed by atoms with Crippen molar-refractivity contribution in [2.24, 2.45) is 11.8 Å². The molecule has 0 bridgehead atoms. The summed E-state index contributed by atoms with van der Waals surface area (Å²) >= 11 is 1.18. The third-order valence-corrected chi connectivity index (χ3v) is 7.94. The Morgan fingerprint density at radius 1 is 1.13 bits per heavy atom. The molecule has 6 nitrogen and oxygen atoms in total. The number of piperidine rings is 1. The number of rotatable bonds is 4. The minimum Gasteiger partial charge on any atom is -0.298 e. The van der Waals surface area contributed by atoms with Crippen LogP contribution in [0.1, 0.15) is 30.6 Å². The van der Waals surface area contributed by atoms with Gasteiger partial charge in [0.25, 0.3) is 5.91 Å². The topological polar surface area (TPSA) is 79.4 Å². The van der Waals surface area contributed by atoms with E-state index in [0.717, 1.165) is 6.42 Å². The Labute approximate surface area is 178 Å². The predicted molar refractivity (Wildman–Crippen MR) is 116 cm³/mol. The van der Waals surface area contributed by atoms with E-state index in [0.29, 0.717) is 45.8 Å². The largest absolute Gasteiger partial charge is 0.298 e. The van der Waals surface area contributed by atoms with Gasteiger partial charge in [-0.15, -0.1) is 0 Å². The van der Waals surface area contributed by atoms with E-state index in [4.69, 9.17) is 0 Å². The van der Waals surface area contributed by atoms with Crippen molar-refractivity contribution in [1.29, 1.82) is 0 Å². The number of nitrogens with zero attached hydrogens (tertiary/aromatic N) is 2. The van der Waals surface area contributed by atoms with Gasteiger partial charge in [0.05, 0.1) is 15.1 Å². The molecular weight excluding hydrogens is 425 g/mol. The lowest BCUT2D eigenvalue weighted by Crippen LogP contribution is -2.42. The highest BCUT2D eigenvalue weighted by Crippen LogP contribution is 2.28. The number of carbonyl (C=O) groups excluding carboxylic acids is 1. The molecule has 4 rings (SSSR count). The minimum atomic E-state index is -3.59. The Morgan fingerprint density at radius 3 is 2.47 bits per heavy atom. The van der Waals surface area contributed by atoms with Crippen molar-refractivity contribution in [2.75, 3.05) is 18.4 Å². The van der Waals surface area contributed by atoms with Gasteiger partial charge < -0.3 is 0 Å². The molecule has 1 saturated heterocycles. The van der Waals surface area contributed by atoms with Crippen molar-refractivity contribution < 1.29 is 17.6 Å². The molecule has 2 aromatic carbocycles. The zero-order valence-electron chi connectivity index (χ0n) is 16.6. The van der Waals surface area contributed by atoms with Gasteiger partial charge in [0, 0.05) is 18.7 Å². The second-order valence-corrected chi connectivity index (χ2v) is 10.8. The molecule has 0 spiro atoms. The SMILES string of the molecule is C[C@@H]1C[C@@H](C)CN(S(=O)(=O)c2ccc(C(=O)Nc3nc4ccc(F)cc4s3)cc2)C1. The third kappa shape index (κ3) is 4.23. The quantitative estimate of drug-likeness (QED) is 0.645. The Bertz CT molecular complexity index is 1180. The maximum absolute atomic E-state index is 13.3. The van der Waals surface area contributed by atoms with E-state index in [-0.39, 0.29) is 10.7 Å². The maximum atomic E-state index is 13.3. The number of thiazole rings is 1. The van der Waals surface area contributed by atoms with E-state index in [2.05, 4.69) is 24.1 Å². The fourth-order valence-electron chi connectivity index (χ4n) is 3.85. The fourth-order valence-corrected chi connectivity index (χ4v) is 6.42. The molecule has 3 aromatic rings. The van der Waals surface area contributed by atoms with Gasteiger partial charge >= 0.3 is 0 Å². The first-order chi connectivity index (χ1) is 14.2. The summed E-state index contributed by atoms with van der Waals surface area (Å²) in [6.07, 6.45) is 1.02. The van der Waals surface area contributed by atoms with Crippen LogP contribution in [-0.4, -0.2) is 36.7 Å². The molecule has 158 valence electrons. The van der Waals surface area contributed by atoms with Crippen LogP contribution in [0.4, 0.5) is 9.52 Å². The summed E-state index contributed by atoms with van der Waals surface area (Å²) in [6, 6.07) is 10.1. The number of fused-ring (bicyclic) bond motifs is 1. The summed E-state index contributed by atoms with van der Waals surface area (Å²) in [5.74, 6) is -0.135. The van der Waals surface area contributed by atoms with Gasteiger partial charge in [0.2, 0.25) is 10.0 Å². The predicted octanol–water partition coefficient (Wildman–Crippen LogP) is 4.35. The lowest BCUT2D eigenvalue weighted by molar-refractivity contribution is 0.102. The zero-order valence-corrected chi connectivity index (χ0v) is 18.3. The van der Waals surface area contributed by atoms with Crippen molar-refractivity contribution in [3.05, 3.63) is 53.8 Å². The fraction of sp³-hybridized carbons (Fsp3) is 0.333. The average Bonchev–Trinajstić information content (AvgIpc) is 3.08. The standard InChI is InChI=1S/C21H22FN3O3S2/c1-13-9-14(2)12-25(11-13)30(27,28)17-6-3-15(4-7-17)20(26)24-21-23-18-8-5-16(22)10-19(18)29-21/h3-8,10,13-14H,9,11-12H2,1-2H3,(H,23,24,26)/t13-,14-/m1/s1. The van der Waals surface area contributed by atoms with E-state index < -0.39 is 15.9 Å². The lowest BCUT2D eigenvalue weighted by Gasteiger charge is -2.34. The number of benzene rings is 2. The number of hydrogen-bond donors (Lipinski definition) is 1. The van der Waals surface area contributed by atoms with Crippen LogP contribution in [0.5, 0.6) is 0 Å². The summed E-state index contributed by atoms with van der Waals surface area (Å²) in [5.41, 5.74) is 0.919. The molecule has 1 aromatic heterocycles. The number of carbonyl (C=O) groups is 1. The van der Waals surface area contributed by atoms with Gasteiger partial charge in [-0.05, 0) is 60.7 Å². The lowest BCUT2D eigenvalue weighted by atomic mass is 9.94. The second kappa shape index (κ2) is 8.05. The third-order valence-electron chi connectivity index (χ3n) is 5.16. The van der Waals surface area contributed by atoms with Crippen LogP contribution in [0.15, 0.2) is 47.4 Å². The first-order valence-corrected chi connectivity index (χ1v) is 12.0. The molecule has 30 heavy (non-hydrogen) atoms. The monoisotopic (exact) mass is 447 g/mol. The highest BCUT2D eigenvalue weighted by atomic mass is 32.2. The average molecular weight is 448 g/mol. The molecule has 2 heterocycles. The normalized spacial score (nSPS) is 20.4. The van der Waals surface area contributed by atoms with E-state index in [1.165, 1.54) is 52.0 Å². The summed E-state index contributed by atoms with van der Waals surface area (Å²) in [6.45, 7) is 5.13. The van der Waals surface area contributed by atoms with Crippen LogP contribution < -0.4 is 5.32 Å². The number of halogens is 1. The molecule has 1 aliphatic heterocycles. The Balaban J connectivity index is 1.50. The summed E-state index contributed by atoms with van der Waals surface area (Å²) in [5, 5.41) is 3.04. The number of anilines is 1. The van der Waals surface area contributed by atoms with Crippen LogP contribution in [0.3, 0.4) is 0 Å². The Kier molecular flexibility index (Phi) is 5.61. The molecule has 1 aliphatic rings. The van der Waals surface area contributed by atoms with Gasteiger partial charge in [-0.25, -0.2) is 17.8 Å². The molecular formula is C21H22FN3O3S2. The molecule has 0 radical (unpaired) electrons. The number of aromatic nitrogens is 1. The number of amides is 1. The van der Waals surface area contributed by atoms with Gasteiger partial charge in [-0.2, -0.15) is 4.31 Å². The summed E-state index contributed by atoms with van der Waals surface area (Å²) in [4.78, 5) is 17.0. The van der Waals surface area contributed by atoms with Gasteiger partial charge in [-0.1, -0.05) is 25.2 Å². The van der Waals surface area contributed by atoms with E-state index in [9.17, 15) is 17.6 Å². The highest BCUT2D eigenvalue weighted by Gasteiger charge is 2.31. The second-order valence-electron chi connectivity index (χ2n) is 7.88. The first-order valence-electron chi connectivity index (χ1n) is 9.70. The molecule has 1 amide bonds. The van der Waals surface area contributed by atoms with Crippen molar-refractivity contribution in [3.63, 3.8) is 0 Å². The van der Waals surface area contributed by atoms with E-state index in [1.807, 2.05) is 0 Å². The molecule has 0 unspecified atom stereocenters. The Hall–Kier alpha value is -2.36. The molecule has 1 N–H and O–H groups in total. The van der Waals surface area contributed by atoms with Crippen molar-refractivity contribution >= 4 is 42.6 Å². The van der Waals surface area contributed by atoms with Crippen molar-refractivity contribution in [3.8, 4) is 0 Å². The smallest absolute Gasteiger partial charge is 0.257 e. The maximum Gasteiger partial charge on any atom is 0.257 e. The van der Waals surface area contributed by atoms with Crippen LogP contribution in [0, 0.1) is 17.7 Å². The molecule has 9 heteroatoms. The zero-order chi connectivity index (χ0) is 21.5. The Morgan fingerprint density at radius 2 is 1.80 bits per heavy atom. The summed E-state index contributed by atoms with van der Waals surface area (Å²) in [7, 11) is -3.59.